The summed E-state index contributed by atoms with van der Waals surface area (Å²) in [5.74, 6) is -1.04. The second kappa shape index (κ2) is 5.26. The van der Waals surface area contributed by atoms with E-state index in [9.17, 15) is 18.0 Å². The first-order valence-electron chi connectivity index (χ1n) is 7.20. The van der Waals surface area contributed by atoms with E-state index >= 15 is 0 Å². The highest BCUT2D eigenvalue weighted by Gasteiger charge is 2.61. The molecule has 0 radical (unpaired) electrons. The van der Waals surface area contributed by atoms with Gasteiger partial charge in [-0.25, -0.2) is 13.2 Å². The Labute approximate surface area is 130 Å². The van der Waals surface area contributed by atoms with Crippen molar-refractivity contribution in [3.05, 3.63) is 12.7 Å². The molecule has 2 fully saturated rings. The summed E-state index contributed by atoms with van der Waals surface area (Å²) in [6, 6.07) is 0. The Morgan fingerprint density at radius 2 is 1.91 bits per heavy atom. The zero-order valence-electron chi connectivity index (χ0n) is 13.0. The van der Waals surface area contributed by atoms with E-state index < -0.39 is 38.4 Å². The number of rotatable bonds is 5. The second-order valence-electron chi connectivity index (χ2n) is 6.82. The molecule has 2 atom stereocenters. The van der Waals surface area contributed by atoms with Crippen molar-refractivity contribution in [1.82, 2.24) is 10.0 Å². The minimum Gasteiger partial charge on any atom is -0.444 e. The Bertz CT molecular complexity index is 603. The van der Waals surface area contributed by atoms with E-state index in [1.807, 2.05) is 0 Å². The van der Waals surface area contributed by atoms with Crippen LogP contribution in [-0.2, 0) is 19.6 Å². The molecule has 124 valence electrons. The number of nitrogens with one attached hydrogen (secondary N) is 2. The van der Waals surface area contributed by atoms with E-state index in [-0.39, 0.29) is 5.92 Å². The molecule has 0 aromatic heterocycles. The summed E-state index contributed by atoms with van der Waals surface area (Å²) >= 11 is 0. The van der Waals surface area contributed by atoms with Crippen molar-refractivity contribution in [2.75, 3.05) is 0 Å². The van der Waals surface area contributed by atoms with Crippen LogP contribution in [0, 0.1) is 5.92 Å². The van der Waals surface area contributed by atoms with E-state index in [4.69, 9.17) is 4.74 Å². The first-order chi connectivity index (χ1) is 10.00. The molecule has 2 rings (SSSR count). The first kappa shape index (κ1) is 16.8. The van der Waals surface area contributed by atoms with Gasteiger partial charge in [0.15, 0.2) is 0 Å². The number of alkyl carbamates (subject to hydrolysis) is 1. The van der Waals surface area contributed by atoms with Crippen molar-refractivity contribution >= 4 is 22.0 Å². The van der Waals surface area contributed by atoms with Crippen molar-refractivity contribution in [3.63, 3.8) is 0 Å². The molecule has 0 bridgehead atoms. The molecule has 0 aromatic carbocycles. The third-order valence-corrected chi connectivity index (χ3v) is 5.45. The van der Waals surface area contributed by atoms with Crippen LogP contribution < -0.4 is 10.0 Å². The molecule has 0 aliphatic heterocycles. The Kier molecular flexibility index (Phi) is 4.01. The van der Waals surface area contributed by atoms with Gasteiger partial charge in [-0.3, -0.25) is 9.52 Å². The van der Waals surface area contributed by atoms with Gasteiger partial charge in [0.1, 0.15) is 11.1 Å². The molecule has 2 aliphatic carbocycles. The number of carbonyl (C=O) groups is 2. The van der Waals surface area contributed by atoms with Gasteiger partial charge in [-0.2, -0.15) is 0 Å². The smallest absolute Gasteiger partial charge is 0.408 e. The van der Waals surface area contributed by atoms with Crippen LogP contribution in [0.15, 0.2) is 12.7 Å². The Morgan fingerprint density at radius 1 is 1.32 bits per heavy atom. The molecule has 2 N–H and O–H groups in total. The quantitative estimate of drug-likeness (QED) is 0.734. The second-order valence-corrected chi connectivity index (χ2v) is 8.78. The summed E-state index contributed by atoms with van der Waals surface area (Å²) in [7, 11) is -3.66. The van der Waals surface area contributed by atoms with Gasteiger partial charge >= 0.3 is 6.09 Å². The fourth-order valence-corrected chi connectivity index (χ4v) is 3.57. The van der Waals surface area contributed by atoms with Crippen LogP contribution in [0.5, 0.6) is 0 Å². The maximum Gasteiger partial charge on any atom is 0.408 e. The van der Waals surface area contributed by atoms with Gasteiger partial charge in [0, 0.05) is 5.92 Å². The molecule has 0 spiro atoms. The summed E-state index contributed by atoms with van der Waals surface area (Å²) in [6.45, 7) is 8.71. The normalized spacial score (nSPS) is 27.7. The number of ether oxygens (including phenoxy) is 1. The van der Waals surface area contributed by atoms with Gasteiger partial charge in [-0.15, -0.1) is 6.58 Å². The van der Waals surface area contributed by atoms with Crippen LogP contribution in [0.25, 0.3) is 0 Å². The molecule has 8 heteroatoms. The number of sulfonamides is 1. The third kappa shape index (κ3) is 3.60. The van der Waals surface area contributed by atoms with E-state index in [0.29, 0.717) is 19.3 Å². The van der Waals surface area contributed by atoms with Crippen molar-refractivity contribution < 1.29 is 22.7 Å². The highest BCUT2D eigenvalue weighted by atomic mass is 32.2. The van der Waals surface area contributed by atoms with Crippen LogP contribution in [0.2, 0.25) is 0 Å². The van der Waals surface area contributed by atoms with Crippen molar-refractivity contribution in [2.45, 2.75) is 56.4 Å². The Hall–Kier alpha value is -1.57. The first-order valence-corrected chi connectivity index (χ1v) is 8.74. The van der Waals surface area contributed by atoms with Gasteiger partial charge in [-0.1, -0.05) is 6.08 Å². The van der Waals surface area contributed by atoms with Crippen LogP contribution >= 0.6 is 0 Å². The summed E-state index contributed by atoms with van der Waals surface area (Å²) in [5.41, 5.74) is -1.99. The molecular weight excluding hydrogens is 308 g/mol. The van der Waals surface area contributed by atoms with Crippen LogP contribution in [0.4, 0.5) is 4.79 Å². The van der Waals surface area contributed by atoms with E-state index in [2.05, 4.69) is 16.6 Å². The number of amides is 2. The van der Waals surface area contributed by atoms with Crippen molar-refractivity contribution in [2.24, 2.45) is 5.92 Å². The molecule has 0 saturated heterocycles. The van der Waals surface area contributed by atoms with Crippen molar-refractivity contribution in [1.29, 1.82) is 0 Å². The lowest BCUT2D eigenvalue weighted by atomic mass is 10.2. The van der Waals surface area contributed by atoms with E-state index in [0.717, 1.165) is 0 Å². The minimum absolute atomic E-state index is 0.307. The SMILES string of the molecule is C=C[C@@H]1C[C@@]1(NC(=O)OC(C)(C)C)C(=O)NS(=O)(=O)C1CC1. The molecule has 2 saturated carbocycles. The fraction of sp³-hybridized carbons (Fsp3) is 0.714. The lowest BCUT2D eigenvalue weighted by Gasteiger charge is -2.23. The molecule has 0 aromatic rings. The number of carbonyl (C=O) groups excluding carboxylic acids is 2. The summed E-state index contributed by atoms with van der Waals surface area (Å²) in [4.78, 5) is 24.2. The fourth-order valence-electron chi connectivity index (χ4n) is 2.20. The molecule has 2 amide bonds. The number of hydrogen-bond donors (Lipinski definition) is 2. The van der Waals surface area contributed by atoms with Crippen LogP contribution in [0.1, 0.15) is 40.0 Å². The molecule has 0 unspecified atom stereocenters. The van der Waals surface area contributed by atoms with Gasteiger partial charge in [-0.05, 0) is 40.0 Å². The zero-order valence-corrected chi connectivity index (χ0v) is 13.8. The molecule has 0 heterocycles. The van der Waals surface area contributed by atoms with Gasteiger partial charge in [0.2, 0.25) is 10.0 Å². The summed E-state index contributed by atoms with van der Waals surface area (Å²) in [6.07, 6.45) is 2.19. The van der Waals surface area contributed by atoms with Gasteiger partial charge in [0.05, 0.1) is 5.25 Å². The maximum atomic E-state index is 12.3. The predicted molar refractivity (Wildman–Crippen MR) is 80.5 cm³/mol. The van der Waals surface area contributed by atoms with E-state index in [1.54, 1.807) is 20.8 Å². The topological polar surface area (TPSA) is 102 Å². The molecule has 22 heavy (non-hydrogen) atoms. The minimum atomic E-state index is -3.66. The Morgan fingerprint density at radius 3 is 2.32 bits per heavy atom. The highest BCUT2D eigenvalue weighted by molar-refractivity contribution is 7.90. The lowest BCUT2D eigenvalue weighted by molar-refractivity contribution is -0.122. The summed E-state index contributed by atoms with van der Waals surface area (Å²) < 4.78 is 31.0. The van der Waals surface area contributed by atoms with E-state index in [1.165, 1.54) is 6.08 Å². The third-order valence-electron chi connectivity index (χ3n) is 3.63. The Balaban J connectivity index is 2.07. The maximum absolute atomic E-state index is 12.3. The molecule has 7 nitrogen and oxygen atoms in total. The standard InChI is InChI=1S/C14H22N2O5S/c1-5-9-8-14(9,15-12(18)21-13(2,3)4)11(17)16-22(19,20)10-6-7-10/h5,9-10H,1,6-8H2,2-4H3,(H,15,18)(H,16,17)/t9-,14+/m1/s1. The average Bonchev–Trinajstić information content (AvgIpc) is 3.20. The lowest BCUT2D eigenvalue weighted by Crippen LogP contribution is -2.53. The zero-order chi connectivity index (χ0) is 16.8. The summed E-state index contributed by atoms with van der Waals surface area (Å²) in [5, 5.41) is 1.99. The van der Waals surface area contributed by atoms with Crippen molar-refractivity contribution in [3.8, 4) is 0 Å². The van der Waals surface area contributed by atoms with Gasteiger partial charge < -0.3 is 10.1 Å². The monoisotopic (exact) mass is 330 g/mol. The average molecular weight is 330 g/mol. The number of hydrogen-bond acceptors (Lipinski definition) is 5. The predicted octanol–water partition coefficient (Wildman–Crippen LogP) is 1.06. The highest BCUT2D eigenvalue weighted by Crippen LogP contribution is 2.45. The molecule has 2 aliphatic rings. The molecular formula is C14H22N2O5S. The van der Waals surface area contributed by atoms with Gasteiger partial charge in [0.25, 0.3) is 5.91 Å². The van der Waals surface area contributed by atoms with Crippen LogP contribution in [0.3, 0.4) is 0 Å². The largest absolute Gasteiger partial charge is 0.444 e. The van der Waals surface area contributed by atoms with Crippen LogP contribution in [-0.4, -0.2) is 36.8 Å².